The Bertz CT molecular complexity index is 544. The quantitative estimate of drug-likeness (QED) is 0.842. The first-order chi connectivity index (χ1) is 9.06. The predicted molar refractivity (Wildman–Crippen MR) is 70.9 cm³/mol. The third kappa shape index (κ3) is 3.40. The topological polar surface area (TPSA) is 59.2 Å². The number of carbonyl (C=O) groups is 1. The average Bonchev–Trinajstić information content (AvgIpc) is 2.87. The molecular weight excluding hydrogens is 242 g/mol. The normalized spacial score (nSPS) is 10.5. The Hall–Kier alpha value is -2.17. The lowest BCUT2D eigenvalue weighted by Crippen LogP contribution is -2.29. The van der Waals surface area contributed by atoms with Gasteiger partial charge in [-0.25, -0.2) is 0 Å². The van der Waals surface area contributed by atoms with Crippen LogP contribution in [0.15, 0.2) is 29.1 Å². The number of hydrogen-bond acceptors (Lipinski definition) is 4. The minimum atomic E-state index is 0.00953. The van der Waals surface area contributed by atoms with E-state index < -0.39 is 0 Å². The highest BCUT2D eigenvalue weighted by Gasteiger charge is 2.13. The van der Waals surface area contributed by atoms with Crippen LogP contribution in [0.1, 0.15) is 27.3 Å². The molecule has 0 saturated carbocycles. The molecule has 0 spiro atoms. The fraction of sp³-hybridized carbons (Fsp3) is 0.357. The average molecular weight is 259 g/mol. The summed E-state index contributed by atoms with van der Waals surface area (Å²) in [5.41, 5.74) is 2.90. The maximum Gasteiger partial charge on any atom is 0.253 e. The van der Waals surface area contributed by atoms with E-state index in [4.69, 9.17) is 0 Å². The van der Waals surface area contributed by atoms with Crippen LogP contribution < -0.4 is 0 Å². The molecule has 0 unspecified atom stereocenters. The monoisotopic (exact) mass is 259 g/mol. The second-order valence-electron chi connectivity index (χ2n) is 4.70. The third-order valence-corrected chi connectivity index (χ3v) is 2.89. The number of amides is 1. The van der Waals surface area contributed by atoms with E-state index in [1.807, 2.05) is 26.0 Å². The van der Waals surface area contributed by atoms with Gasteiger partial charge in [0.2, 0.25) is 6.39 Å². The molecule has 5 nitrogen and oxygen atoms in total. The Morgan fingerprint density at radius 3 is 2.53 bits per heavy atom. The van der Waals surface area contributed by atoms with Crippen LogP contribution in [0.3, 0.4) is 0 Å². The first kappa shape index (κ1) is 13.3. The van der Waals surface area contributed by atoms with Crippen molar-refractivity contribution in [3.63, 3.8) is 0 Å². The van der Waals surface area contributed by atoms with Crippen LogP contribution >= 0.6 is 0 Å². The highest BCUT2D eigenvalue weighted by Crippen LogP contribution is 2.11. The number of aryl methyl sites for hydroxylation is 2. The minimum absolute atomic E-state index is 0.00953. The number of carbonyl (C=O) groups excluding carboxylic acids is 1. The highest BCUT2D eigenvalue weighted by molar-refractivity contribution is 5.94. The summed E-state index contributed by atoms with van der Waals surface area (Å²) in [6, 6.07) is 5.86. The second kappa shape index (κ2) is 5.65. The van der Waals surface area contributed by atoms with Gasteiger partial charge in [0.1, 0.15) is 0 Å². The Morgan fingerprint density at radius 1 is 1.26 bits per heavy atom. The van der Waals surface area contributed by atoms with Crippen LogP contribution in [0.4, 0.5) is 0 Å². The smallest absolute Gasteiger partial charge is 0.253 e. The molecule has 19 heavy (non-hydrogen) atoms. The van der Waals surface area contributed by atoms with Crippen molar-refractivity contribution in [3.8, 4) is 0 Å². The maximum atomic E-state index is 12.3. The number of nitrogens with zero attached hydrogens (tertiary/aromatic N) is 3. The van der Waals surface area contributed by atoms with E-state index in [0.29, 0.717) is 24.4 Å². The van der Waals surface area contributed by atoms with Crippen molar-refractivity contribution >= 4 is 5.91 Å². The Labute approximate surface area is 112 Å². The van der Waals surface area contributed by atoms with Gasteiger partial charge in [-0.1, -0.05) is 22.3 Å². The van der Waals surface area contributed by atoms with Gasteiger partial charge in [0, 0.05) is 25.6 Å². The Morgan fingerprint density at radius 2 is 1.95 bits per heavy atom. The van der Waals surface area contributed by atoms with E-state index in [9.17, 15) is 4.79 Å². The third-order valence-electron chi connectivity index (χ3n) is 2.89. The van der Waals surface area contributed by atoms with Gasteiger partial charge in [-0.05, 0) is 26.0 Å². The fourth-order valence-electron chi connectivity index (χ4n) is 1.99. The first-order valence-electron chi connectivity index (χ1n) is 6.15. The summed E-state index contributed by atoms with van der Waals surface area (Å²) in [5.74, 6) is 0.621. The Kier molecular flexibility index (Phi) is 3.94. The molecule has 1 amide bonds. The molecule has 0 bridgehead atoms. The van der Waals surface area contributed by atoms with Crippen molar-refractivity contribution < 1.29 is 9.32 Å². The van der Waals surface area contributed by atoms with E-state index in [1.54, 1.807) is 11.9 Å². The molecule has 0 aliphatic carbocycles. The van der Waals surface area contributed by atoms with Crippen LogP contribution in [0.2, 0.25) is 0 Å². The molecular formula is C14H17N3O2. The summed E-state index contributed by atoms with van der Waals surface area (Å²) >= 11 is 0. The summed E-state index contributed by atoms with van der Waals surface area (Å²) in [4.78, 5) is 17.9. The lowest BCUT2D eigenvalue weighted by atomic mass is 10.1. The molecule has 1 heterocycles. The van der Waals surface area contributed by atoms with Gasteiger partial charge in [0.05, 0.1) is 0 Å². The van der Waals surface area contributed by atoms with Crippen LogP contribution in [-0.4, -0.2) is 34.5 Å². The van der Waals surface area contributed by atoms with E-state index in [1.165, 1.54) is 6.39 Å². The summed E-state index contributed by atoms with van der Waals surface area (Å²) in [7, 11) is 1.78. The van der Waals surface area contributed by atoms with E-state index >= 15 is 0 Å². The molecule has 0 fully saturated rings. The molecule has 2 rings (SSSR count). The highest BCUT2D eigenvalue weighted by atomic mass is 16.5. The molecule has 0 radical (unpaired) electrons. The number of hydrogen-bond donors (Lipinski definition) is 0. The minimum Gasteiger partial charge on any atom is -0.343 e. The second-order valence-corrected chi connectivity index (χ2v) is 4.70. The van der Waals surface area contributed by atoms with Crippen LogP contribution in [0, 0.1) is 13.8 Å². The number of rotatable bonds is 4. The molecule has 0 N–H and O–H groups in total. The van der Waals surface area contributed by atoms with Gasteiger partial charge in [-0.15, -0.1) is 0 Å². The van der Waals surface area contributed by atoms with Crippen molar-refractivity contribution in [1.29, 1.82) is 0 Å². The van der Waals surface area contributed by atoms with Crippen LogP contribution in [-0.2, 0) is 6.42 Å². The summed E-state index contributed by atoms with van der Waals surface area (Å²) in [5, 5.41) is 3.72. The number of benzene rings is 1. The van der Waals surface area contributed by atoms with Crippen molar-refractivity contribution in [2.75, 3.05) is 13.6 Å². The van der Waals surface area contributed by atoms with Gasteiger partial charge in [-0.3, -0.25) is 4.79 Å². The molecule has 5 heteroatoms. The fourth-order valence-corrected chi connectivity index (χ4v) is 1.99. The molecule has 1 aromatic heterocycles. The van der Waals surface area contributed by atoms with E-state index in [2.05, 4.69) is 20.7 Å². The van der Waals surface area contributed by atoms with E-state index in [-0.39, 0.29) is 5.91 Å². The summed E-state index contributed by atoms with van der Waals surface area (Å²) in [6.45, 7) is 4.54. The zero-order chi connectivity index (χ0) is 13.8. The van der Waals surface area contributed by atoms with Crippen LogP contribution in [0.5, 0.6) is 0 Å². The number of likely N-dealkylation sites (N-methyl/N-ethyl adjacent to an activating group) is 1. The lowest BCUT2D eigenvalue weighted by Gasteiger charge is -2.16. The van der Waals surface area contributed by atoms with Crippen LogP contribution in [0.25, 0.3) is 0 Å². The molecule has 0 saturated heterocycles. The first-order valence-corrected chi connectivity index (χ1v) is 6.15. The van der Waals surface area contributed by atoms with Gasteiger partial charge in [0.15, 0.2) is 5.82 Å². The van der Waals surface area contributed by atoms with Gasteiger partial charge in [0.25, 0.3) is 5.91 Å². The molecule has 0 aliphatic heterocycles. The predicted octanol–water partition coefficient (Wildman–Crippen LogP) is 2.00. The van der Waals surface area contributed by atoms with E-state index in [0.717, 1.165) is 11.1 Å². The Balaban J connectivity index is 2.02. The molecule has 2 aromatic rings. The zero-order valence-corrected chi connectivity index (χ0v) is 11.4. The molecule has 1 aromatic carbocycles. The van der Waals surface area contributed by atoms with Gasteiger partial charge in [-0.2, -0.15) is 4.98 Å². The molecule has 0 aliphatic rings. The maximum absolute atomic E-state index is 12.3. The lowest BCUT2D eigenvalue weighted by molar-refractivity contribution is 0.0795. The largest absolute Gasteiger partial charge is 0.343 e. The zero-order valence-electron chi connectivity index (χ0n) is 11.4. The number of aromatic nitrogens is 2. The van der Waals surface area contributed by atoms with Crippen molar-refractivity contribution in [2.45, 2.75) is 20.3 Å². The van der Waals surface area contributed by atoms with Crippen molar-refractivity contribution in [3.05, 3.63) is 47.1 Å². The summed E-state index contributed by atoms with van der Waals surface area (Å²) < 4.78 is 4.66. The van der Waals surface area contributed by atoms with Gasteiger partial charge >= 0.3 is 0 Å². The summed E-state index contributed by atoms with van der Waals surface area (Å²) in [6.07, 6.45) is 1.88. The molecule has 100 valence electrons. The van der Waals surface area contributed by atoms with Crippen molar-refractivity contribution in [2.24, 2.45) is 0 Å². The van der Waals surface area contributed by atoms with Crippen molar-refractivity contribution in [1.82, 2.24) is 15.0 Å². The standard InChI is InChI=1S/C14H17N3O2/c1-10-6-11(2)8-12(7-10)14(18)17(3)5-4-13-15-9-19-16-13/h6-9H,4-5H2,1-3H3. The SMILES string of the molecule is Cc1cc(C)cc(C(=O)N(C)CCc2ncon2)c1. The molecule has 0 atom stereocenters. The van der Waals surface area contributed by atoms with Gasteiger partial charge < -0.3 is 9.42 Å².